The molecule has 0 saturated carbocycles. The van der Waals surface area contributed by atoms with Crippen LogP contribution in [0.15, 0.2) is 64.4 Å². The molecule has 1 fully saturated rings. The Balaban J connectivity index is 1.60. The summed E-state index contributed by atoms with van der Waals surface area (Å²) in [5.74, 6) is -1.03. The van der Waals surface area contributed by atoms with E-state index >= 15 is 4.39 Å². The summed E-state index contributed by atoms with van der Waals surface area (Å²) in [5, 5.41) is 1.89. The van der Waals surface area contributed by atoms with Gasteiger partial charge in [0, 0.05) is 41.9 Å². The number of hydrogen-bond acceptors (Lipinski definition) is 8. The summed E-state index contributed by atoms with van der Waals surface area (Å²) in [6, 6.07) is 13.5. The van der Waals surface area contributed by atoms with Crippen LogP contribution in [0.5, 0.6) is 5.75 Å². The molecule has 3 aromatic rings. The minimum Gasteiger partial charge on any atom is -0.451 e. The van der Waals surface area contributed by atoms with Gasteiger partial charge in [-0.3, -0.25) is 24.1 Å². The normalized spacial score (nSPS) is 20.0. The van der Waals surface area contributed by atoms with Gasteiger partial charge in [-0.15, -0.1) is 11.8 Å². The number of pyridine rings is 1. The first-order valence-electron chi connectivity index (χ1n) is 12.1. The quantitative estimate of drug-likeness (QED) is 0.371. The third-order valence-corrected chi connectivity index (χ3v) is 8.04. The van der Waals surface area contributed by atoms with E-state index < -0.39 is 36.3 Å². The molecule has 2 atom stereocenters. The molecule has 9 nitrogen and oxygen atoms in total. The molecule has 1 saturated heterocycles. The van der Waals surface area contributed by atoms with Crippen LogP contribution in [0.2, 0.25) is 0 Å². The van der Waals surface area contributed by atoms with Crippen LogP contribution in [0.4, 0.5) is 4.39 Å². The van der Waals surface area contributed by atoms with Crippen LogP contribution in [0.1, 0.15) is 40.1 Å². The lowest BCUT2D eigenvalue weighted by molar-refractivity contribution is -0.147. The van der Waals surface area contributed by atoms with Crippen molar-refractivity contribution in [3.8, 4) is 5.75 Å². The number of halogens is 1. The average Bonchev–Trinajstić information content (AvgIpc) is 3.08. The molecule has 3 aliphatic rings. The number of nitrogens with zero attached hydrogens (tertiary/aromatic N) is 3. The fourth-order valence-electron chi connectivity index (χ4n) is 5.27. The lowest BCUT2D eigenvalue weighted by Crippen LogP contribution is -2.66. The number of esters is 1. The minimum atomic E-state index is -0.651. The van der Waals surface area contributed by atoms with Gasteiger partial charge in [0.15, 0.2) is 5.69 Å². The molecular formula is C27H24FN3O6S. The summed E-state index contributed by atoms with van der Waals surface area (Å²) in [6.45, 7) is 1.48. The van der Waals surface area contributed by atoms with Crippen LogP contribution in [0.3, 0.4) is 0 Å². The van der Waals surface area contributed by atoms with E-state index in [0.717, 1.165) is 16.0 Å². The molecule has 0 bridgehead atoms. The highest BCUT2D eigenvalue weighted by molar-refractivity contribution is 7.98. The van der Waals surface area contributed by atoms with E-state index in [1.165, 1.54) is 25.3 Å². The van der Waals surface area contributed by atoms with Crippen molar-refractivity contribution >= 4 is 23.6 Å². The van der Waals surface area contributed by atoms with Crippen molar-refractivity contribution in [1.29, 1.82) is 0 Å². The van der Waals surface area contributed by atoms with Gasteiger partial charge in [0.25, 0.3) is 5.91 Å². The Morgan fingerprint density at radius 1 is 1.16 bits per heavy atom. The van der Waals surface area contributed by atoms with Crippen molar-refractivity contribution in [3.63, 3.8) is 0 Å². The molecular weight excluding hydrogens is 513 g/mol. The molecule has 38 heavy (non-hydrogen) atoms. The van der Waals surface area contributed by atoms with Gasteiger partial charge in [0.1, 0.15) is 18.0 Å². The molecule has 0 radical (unpaired) electrons. The van der Waals surface area contributed by atoms with Crippen LogP contribution in [-0.2, 0) is 20.0 Å². The Bertz CT molecular complexity index is 1490. The van der Waals surface area contributed by atoms with Crippen molar-refractivity contribution in [2.24, 2.45) is 0 Å². The highest BCUT2D eigenvalue weighted by atomic mass is 32.2. The summed E-state index contributed by atoms with van der Waals surface area (Å²) in [7, 11) is 0. The number of fused-ring (bicyclic) bond motifs is 4. The number of rotatable bonds is 4. The first-order chi connectivity index (χ1) is 18.5. The zero-order valence-corrected chi connectivity index (χ0v) is 21.3. The van der Waals surface area contributed by atoms with E-state index in [4.69, 9.17) is 14.2 Å². The maximum atomic E-state index is 15.7. The summed E-state index contributed by atoms with van der Waals surface area (Å²) in [6.07, 6.45) is 0.919. The van der Waals surface area contributed by atoms with Gasteiger partial charge in [0.05, 0.1) is 13.2 Å². The van der Waals surface area contributed by atoms with Gasteiger partial charge >= 0.3 is 5.97 Å². The maximum Gasteiger partial charge on any atom is 0.305 e. The topological polar surface area (TPSA) is 90.3 Å². The smallest absolute Gasteiger partial charge is 0.305 e. The molecule has 3 aliphatic heterocycles. The van der Waals surface area contributed by atoms with Crippen molar-refractivity contribution in [1.82, 2.24) is 9.58 Å². The van der Waals surface area contributed by atoms with Gasteiger partial charge < -0.3 is 19.1 Å². The average molecular weight is 538 g/mol. The second kappa shape index (κ2) is 9.80. The highest BCUT2D eigenvalue weighted by Crippen LogP contribution is 2.45. The molecule has 0 N–H and O–H groups in total. The van der Waals surface area contributed by atoms with E-state index in [0.29, 0.717) is 17.9 Å². The SMILES string of the molecule is CC(=O)OCOc1c2n(ccc1=O)N([C@@H]1c3ccccc3SCc3cccc(F)c31)[C@@H]1COCCN1C2=O. The number of carbonyl (C=O) groups excluding carboxylic acids is 2. The predicted octanol–water partition coefficient (Wildman–Crippen LogP) is 3.03. The van der Waals surface area contributed by atoms with E-state index in [9.17, 15) is 14.4 Å². The summed E-state index contributed by atoms with van der Waals surface area (Å²) < 4.78 is 33.5. The van der Waals surface area contributed by atoms with Crippen LogP contribution < -0.4 is 15.2 Å². The first-order valence-corrected chi connectivity index (χ1v) is 13.1. The van der Waals surface area contributed by atoms with Gasteiger partial charge in [-0.05, 0) is 23.3 Å². The molecule has 4 heterocycles. The van der Waals surface area contributed by atoms with Crippen LogP contribution in [0.25, 0.3) is 0 Å². The predicted molar refractivity (Wildman–Crippen MR) is 136 cm³/mol. The lowest BCUT2D eigenvalue weighted by atomic mass is 9.93. The zero-order valence-electron chi connectivity index (χ0n) is 20.5. The summed E-state index contributed by atoms with van der Waals surface area (Å²) >= 11 is 1.62. The standard InChI is InChI=1S/C27H24FN3O6S/c1-16(32)36-15-37-26-20(33)9-10-30-25(26)27(34)29-11-12-35-13-22(29)31(30)24-18-6-2-3-8-21(18)38-14-17-5-4-7-19(28)23(17)24/h2-10,22,24H,11-15H2,1H3/t22-,24-/m1/s1. The number of thioether (sulfide) groups is 1. The molecule has 2 aromatic carbocycles. The number of carbonyl (C=O) groups is 2. The molecule has 0 aliphatic carbocycles. The molecule has 0 unspecified atom stereocenters. The number of amides is 1. The van der Waals surface area contributed by atoms with Crippen LogP contribution in [-0.4, -0.2) is 54.2 Å². The number of aromatic nitrogens is 1. The summed E-state index contributed by atoms with van der Waals surface area (Å²) in [5.41, 5.74) is 1.65. The number of morpholine rings is 1. The van der Waals surface area contributed by atoms with Crippen molar-refractivity contribution in [2.75, 3.05) is 31.6 Å². The minimum absolute atomic E-state index is 0.0185. The Labute approximate surface area is 221 Å². The third kappa shape index (κ3) is 4.02. The summed E-state index contributed by atoms with van der Waals surface area (Å²) in [4.78, 5) is 40.6. The number of ether oxygens (including phenoxy) is 3. The van der Waals surface area contributed by atoms with Crippen molar-refractivity contribution in [2.45, 2.75) is 29.8 Å². The molecule has 1 aromatic heterocycles. The Kier molecular flexibility index (Phi) is 6.32. The van der Waals surface area contributed by atoms with Gasteiger partial charge in [-0.1, -0.05) is 30.3 Å². The van der Waals surface area contributed by atoms with Crippen LogP contribution in [0, 0.1) is 5.82 Å². The first kappa shape index (κ1) is 24.5. The van der Waals surface area contributed by atoms with Gasteiger partial charge in [0.2, 0.25) is 18.0 Å². The largest absolute Gasteiger partial charge is 0.451 e. The fourth-order valence-corrected chi connectivity index (χ4v) is 6.35. The van der Waals surface area contributed by atoms with E-state index in [2.05, 4.69) is 0 Å². The lowest BCUT2D eigenvalue weighted by Gasteiger charge is -2.51. The molecule has 0 spiro atoms. The zero-order chi connectivity index (χ0) is 26.4. The molecule has 196 valence electrons. The highest BCUT2D eigenvalue weighted by Gasteiger charge is 2.46. The second-order valence-electron chi connectivity index (χ2n) is 9.08. The number of hydrogen-bond donors (Lipinski definition) is 0. The van der Waals surface area contributed by atoms with Gasteiger partial charge in [-0.2, -0.15) is 0 Å². The Morgan fingerprint density at radius 2 is 2.00 bits per heavy atom. The van der Waals surface area contributed by atoms with Crippen LogP contribution >= 0.6 is 11.8 Å². The van der Waals surface area contributed by atoms with Crippen molar-refractivity contribution in [3.05, 3.63) is 93.2 Å². The Morgan fingerprint density at radius 3 is 2.84 bits per heavy atom. The maximum absolute atomic E-state index is 15.7. The monoisotopic (exact) mass is 537 g/mol. The van der Waals surface area contributed by atoms with E-state index in [1.807, 2.05) is 35.3 Å². The van der Waals surface area contributed by atoms with E-state index in [-0.39, 0.29) is 30.4 Å². The molecule has 1 amide bonds. The van der Waals surface area contributed by atoms with Crippen molar-refractivity contribution < 1.29 is 28.2 Å². The fraction of sp³-hybridized carbons (Fsp3) is 0.296. The number of benzene rings is 2. The molecule has 6 rings (SSSR count). The molecule has 11 heteroatoms. The van der Waals surface area contributed by atoms with E-state index in [1.54, 1.807) is 27.4 Å². The second-order valence-corrected chi connectivity index (χ2v) is 10.1. The third-order valence-electron chi connectivity index (χ3n) is 6.90. The Hall–Kier alpha value is -3.83. The van der Waals surface area contributed by atoms with Gasteiger partial charge in [-0.25, -0.2) is 4.39 Å².